The predicted octanol–water partition coefficient (Wildman–Crippen LogP) is 5.30. The summed E-state index contributed by atoms with van der Waals surface area (Å²) in [7, 11) is 1.73. The summed E-state index contributed by atoms with van der Waals surface area (Å²) in [6.45, 7) is 8.85. The van der Waals surface area contributed by atoms with Gasteiger partial charge in [-0.2, -0.15) is 0 Å². The van der Waals surface area contributed by atoms with Gasteiger partial charge >= 0.3 is 6.03 Å². The van der Waals surface area contributed by atoms with E-state index in [4.69, 9.17) is 0 Å². The quantitative estimate of drug-likeness (QED) is 0.775. The first-order chi connectivity index (χ1) is 11.8. The second-order valence-electron chi connectivity index (χ2n) is 7.04. The molecular weight excluding hydrogens is 312 g/mol. The van der Waals surface area contributed by atoms with E-state index in [1.807, 2.05) is 18.2 Å². The van der Waals surface area contributed by atoms with Crippen LogP contribution in [0, 0.1) is 0 Å². The number of amides is 2. The average Bonchev–Trinajstić information content (AvgIpc) is 2.56. The number of rotatable bonds is 5. The fraction of sp³-hybridized carbons (Fsp3) is 0.381. The molecule has 2 aromatic carbocycles. The van der Waals surface area contributed by atoms with E-state index in [-0.39, 0.29) is 11.8 Å². The van der Waals surface area contributed by atoms with Crippen molar-refractivity contribution in [2.75, 3.05) is 12.4 Å². The Morgan fingerprint density at radius 2 is 1.56 bits per heavy atom. The highest BCUT2D eigenvalue weighted by Gasteiger charge is 2.18. The van der Waals surface area contributed by atoms with Crippen LogP contribution in [0.4, 0.5) is 10.5 Å². The van der Waals surface area contributed by atoms with Crippen LogP contribution in [0.1, 0.15) is 56.2 Å². The Labute approximate surface area is 150 Å². The van der Waals surface area contributed by atoms with Crippen LogP contribution in [0.3, 0.4) is 0 Å². The monoisotopic (exact) mass is 340 g/mol. The van der Waals surface area contributed by atoms with E-state index in [9.17, 15) is 9.90 Å². The number of carbonyl (C=O) groups excluding carboxylic acids is 1. The molecule has 0 aliphatic carbocycles. The predicted molar refractivity (Wildman–Crippen MR) is 103 cm³/mol. The number of hydrogen-bond acceptors (Lipinski definition) is 2. The van der Waals surface area contributed by atoms with Crippen LogP contribution in [-0.2, 0) is 6.54 Å². The average molecular weight is 340 g/mol. The van der Waals surface area contributed by atoms with Gasteiger partial charge in [-0.25, -0.2) is 4.79 Å². The molecule has 0 bridgehead atoms. The summed E-state index contributed by atoms with van der Waals surface area (Å²) in [6.07, 6.45) is 0. The van der Waals surface area contributed by atoms with Crippen LogP contribution in [0.5, 0.6) is 5.75 Å². The van der Waals surface area contributed by atoms with Crippen molar-refractivity contribution in [2.24, 2.45) is 0 Å². The van der Waals surface area contributed by atoms with Gasteiger partial charge in [0, 0.05) is 18.3 Å². The number of carbonyl (C=O) groups is 1. The second-order valence-corrected chi connectivity index (χ2v) is 7.04. The lowest BCUT2D eigenvalue weighted by Crippen LogP contribution is -2.31. The van der Waals surface area contributed by atoms with Crippen LogP contribution in [0.2, 0.25) is 0 Å². The van der Waals surface area contributed by atoms with E-state index in [2.05, 4.69) is 45.1 Å². The molecule has 4 nitrogen and oxygen atoms in total. The molecule has 2 N–H and O–H groups in total. The highest BCUT2D eigenvalue weighted by Crippen LogP contribution is 2.32. The second kappa shape index (κ2) is 8.06. The van der Waals surface area contributed by atoms with Gasteiger partial charge in [0.2, 0.25) is 0 Å². The first-order valence-corrected chi connectivity index (χ1v) is 8.73. The number of nitrogens with one attached hydrogen (secondary N) is 1. The van der Waals surface area contributed by atoms with E-state index in [1.165, 1.54) is 0 Å². The summed E-state index contributed by atoms with van der Waals surface area (Å²) in [5, 5.41) is 13.0. The minimum absolute atomic E-state index is 0.182. The summed E-state index contributed by atoms with van der Waals surface area (Å²) in [4.78, 5) is 14.3. The molecule has 0 radical (unpaired) electrons. The molecule has 0 heterocycles. The summed E-state index contributed by atoms with van der Waals surface area (Å²) >= 11 is 0. The molecule has 0 saturated heterocycles. The number of benzene rings is 2. The SMILES string of the molecule is CC(C)c1cccc(C(C)C)c1NC(=O)N(C)Cc1ccccc1O. The van der Waals surface area contributed by atoms with E-state index >= 15 is 0 Å². The summed E-state index contributed by atoms with van der Waals surface area (Å²) < 4.78 is 0. The maximum atomic E-state index is 12.7. The van der Waals surface area contributed by atoms with Crippen molar-refractivity contribution >= 4 is 11.7 Å². The third kappa shape index (κ3) is 4.53. The molecule has 0 fully saturated rings. The zero-order chi connectivity index (χ0) is 18.6. The molecule has 2 aromatic rings. The van der Waals surface area contributed by atoms with Crippen molar-refractivity contribution in [2.45, 2.75) is 46.1 Å². The first-order valence-electron chi connectivity index (χ1n) is 8.73. The number of aromatic hydroxyl groups is 1. The first kappa shape index (κ1) is 18.8. The third-order valence-electron chi connectivity index (χ3n) is 4.35. The topological polar surface area (TPSA) is 52.6 Å². The third-order valence-corrected chi connectivity index (χ3v) is 4.35. The van der Waals surface area contributed by atoms with Crippen LogP contribution in [-0.4, -0.2) is 23.1 Å². The minimum atomic E-state index is -0.182. The highest BCUT2D eigenvalue weighted by molar-refractivity contribution is 5.91. The number of anilines is 1. The molecule has 0 aromatic heterocycles. The Kier molecular flexibility index (Phi) is 6.07. The Hall–Kier alpha value is -2.49. The number of phenols is 1. The highest BCUT2D eigenvalue weighted by atomic mass is 16.3. The Morgan fingerprint density at radius 3 is 2.08 bits per heavy atom. The van der Waals surface area contributed by atoms with Crippen molar-refractivity contribution in [3.8, 4) is 5.75 Å². The van der Waals surface area contributed by atoms with E-state index in [1.54, 1.807) is 24.1 Å². The van der Waals surface area contributed by atoms with Crippen LogP contribution in [0.25, 0.3) is 0 Å². The van der Waals surface area contributed by atoms with Crippen LogP contribution < -0.4 is 5.32 Å². The molecule has 0 aliphatic rings. The standard InChI is InChI=1S/C21H28N2O2/c1-14(2)17-10-8-11-18(15(3)4)20(17)22-21(25)23(5)13-16-9-6-7-12-19(16)24/h6-12,14-15,24H,13H2,1-5H3,(H,22,25). The van der Waals surface area contributed by atoms with Gasteiger partial charge in [-0.05, 0) is 29.0 Å². The molecule has 2 amide bonds. The zero-order valence-corrected chi connectivity index (χ0v) is 15.7. The molecular formula is C21H28N2O2. The summed E-state index contributed by atoms with van der Waals surface area (Å²) in [5.74, 6) is 0.836. The lowest BCUT2D eigenvalue weighted by Gasteiger charge is -2.24. The molecule has 0 spiro atoms. The smallest absolute Gasteiger partial charge is 0.321 e. The summed E-state index contributed by atoms with van der Waals surface area (Å²) in [5.41, 5.74) is 3.90. The fourth-order valence-electron chi connectivity index (χ4n) is 2.87. The molecule has 4 heteroatoms. The molecule has 0 unspecified atom stereocenters. The Balaban J connectivity index is 2.23. The zero-order valence-electron chi connectivity index (χ0n) is 15.7. The van der Waals surface area contributed by atoms with Crippen LogP contribution in [0.15, 0.2) is 42.5 Å². The molecule has 0 saturated carbocycles. The number of para-hydroxylation sites is 2. The Morgan fingerprint density at radius 1 is 1.00 bits per heavy atom. The number of urea groups is 1. The van der Waals surface area contributed by atoms with Crippen molar-refractivity contribution in [1.29, 1.82) is 0 Å². The van der Waals surface area contributed by atoms with Gasteiger partial charge in [0.1, 0.15) is 5.75 Å². The van der Waals surface area contributed by atoms with Gasteiger partial charge in [0.15, 0.2) is 0 Å². The number of nitrogens with zero attached hydrogens (tertiary/aromatic N) is 1. The van der Waals surface area contributed by atoms with Gasteiger partial charge in [0.05, 0.1) is 6.54 Å². The van der Waals surface area contributed by atoms with E-state index in [0.29, 0.717) is 18.4 Å². The molecule has 2 rings (SSSR count). The lowest BCUT2D eigenvalue weighted by molar-refractivity contribution is 0.220. The van der Waals surface area contributed by atoms with E-state index in [0.717, 1.165) is 22.4 Å². The van der Waals surface area contributed by atoms with Crippen molar-refractivity contribution in [1.82, 2.24) is 4.90 Å². The van der Waals surface area contributed by atoms with Gasteiger partial charge in [-0.15, -0.1) is 0 Å². The Bertz CT molecular complexity index is 712. The maximum absolute atomic E-state index is 12.7. The molecule has 25 heavy (non-hydrogen) atoms. The molecule has 134 valence electrons. The van der Waals surface area contributed by atoms with Crippen molar-refractivity contribution in [3.63, 3.8) is 0 Å². The molecule has 0 aliphatic heterocycles. The maximum Gasteiger partial charge on any atom is 0.321 e. The van der Waals surface area contributed by atoms with Gasteiger partial charge in [0.25, 0.3) is 0 Å². The fourth-order valence-corrected chi connectivity index (χ4v) is 2.87. The van der Waals surface area contributed by atoms with E-state index < -0.39 is 0 Å². The lowest BCUT2D eigenvalue weighted by atomic mass is 9.93. The minimum Gasteiger partial charge on any atom is -0.508 e. The van der Waals surface area contributed by atoms with Gasteiger partial charge in [-0.1, -0.05) is 64.1 Å². The van der Waals surface area contributed by atoms with Crippen molar-refractivity contribution in [3.05, 3.63) is 59.2 Å². The van der Waals surface area contributed by atoms with Gasteiger partial charge < -0.3 is 15.3 Å². The van der Waals surface area contributed by atoms with Gasteiger partial charge in [-0.3, -0.25) is 0 Å². The largest absolute Gasteiger partial charge is 0.508 e. The normalized spacial score (nSPS) is 11.0. The number of hydrogen-bond donors (Lipinski definition) is 2. The number of phenolic OH excluding ortho intramolecular Hbond substituents is 1. The summed E-state index contributed by atoms with van der Waals surface area (Å²) in [6, 6.07) is 13.1. The van der Waals surface area contributed by atoms with Crippen LogP contribution >= 0.6 is 0 Å². The van der Waals surface area contributed by atoms with Crippen molar-refractivity contribution < 1.29 is 9.90 Å². The molecule has 0 atom stereocenters.